The molecule has 2 rings (SSSR count). The van der Waals surface area contributed by atoms with Gasteiger partial charge in [-0.3, -0.25) is 0 Å². The number of hydrogen-bond acceptors (Lipinski definition) is 2. The summed E-state index contributed by atoms with van der Waals surface area (Å²) in [4.78, 5) is 3.14. The lowest BCUT2D eigenvalue weighted by atomic mass is 10.1. The first-order valence-electron chi connectivity index (χ1n) is 4.57. The monoisotopic (exact) mass is 181 g/mol. The smallest absolute Gasteiger partial charge is 0.00959 e. The van der Waals surface area contributed by atoms with Gasteiger partial charge in [-0.25, -0.2) is 0 Å². The normalized spacial score (nSPS) is 17.2. The van der Waals surface area contributed by atoms with Crippen LogP contribution in [0.3, 0.4) is 0 Å². The molecule has 0 bridgehead atoms. The van der Waals surface area contributed by atoms with Gasteiger partial charge in [0.2, 0.25) is 0 Å². The molecular formula is C10H15NS. The van der Waals surface area contributed by atoms with Crippen LogP contribution in [-0.4, -0.2) is 13.1 Å². The van der Waals surface area contributed by atoms with E-state index in [1.807, 2.05) is 11.3 Å². The molecule has 12 heavy (non-hydrogen) atoms. The summed E-state index contributed by atoms with van der Waals surface area (Å²) in [6.45, 7) is 6.81. The van der Waals surface area contributed by atoms with Crippen LogP contribution in [0.25, 0.3) is 0 Å². The maximum atomic E-state index is 3.43. The van der Waals surface area contributed by atoms with Crippen molar-refractivity contribution in [1.29, 1.82) is 0 Å². The molecule has 0 radical (unpaired) electrons. The number of nitrogens with one attached hydrogen (secondary N) is 1. The van der Waals surface area contributed by atoms with Crippen molar-refractivity contribution in [1.82, 2.24) is 5.32 Å². The van der Waals surface area contributed by atoms with E-state index in [0.717, 1.165) is 13.1 Å². The van der Waals surface area contributed by atoms with Crippen molar-refractivity contribution in [2.24, 2.45) is 0 Å². The first-order valence-corrected chi connectivity index (χ1v) is 5.39. The van der Waals surface area contributed by atoms with Gasteiger partial charge in [-0.1, -0.05) is 0 Å². The van der Waals surface area contributed by atoms with Gasteiger partial charge >= 0.3 is 0 Å². The van der Waals surface area contributed by atoms with Crippen molar-refractivity contribution < 1.29 is 0 Å². The van der Waals surface area contributed by atoms with Crippen LogP contribution in [0.5, 0.6) is 0 Å². The maximum absolute atomic E-state index is 3.43. The highest BCUT2D eigenvalue weighted by Gasteiger charge is 2.13. The van der Waals surface area contributed by atoms with Gasteiger partial charge in [0.25, 0.3) is 0 Å². The Bertz CT molecular complexity index is 288. The van der Waals surface area contributed by atoms with Crippen LogP contribution in [0.1, 0.15) is 20.9 Å². The van der Waals surface area contributed by atoms with Gasteiger partial charge in [-0.15, -0.1) is 11.3 Å². The third-order valence-electron chi connectivity index (χ3n) is 2.67. The number of rotatable bonds is 0. The van der Waals surface area contributed by atoms with Crippen molar-refractivity contribution in [2.45, 2.75) is 26.7 Å². The van der Waals surface area contributed by atoms with Gasteiger partial charge in [0.15, 0.2) is 0 Å². The molecule has 0 spiro atoms. The predicted molar refractivity (Wildman–Crippen MR) is 54.1 cm³/mol. The first-order chi connectivity index (χ1) is 5.79. The molecule has 2 heteroatoms. The zero-order chi connectivity index (χ0) is 8.55. The summed E-state index contributed by atoms with van der Waals surface area (Å²) in [6.07, 6.45) is 2.46. The lowest BCUT2D eigenvalue weighted by molar-refractivity contribution is 0.711. The maximum Gasteiger partial charge on any atom is 0.00959 e. The fourth-order valence-corrected chi connectivity index (χ4v) is 3.04. The summed E-state index contributed by atoms with van der Waals surface area (Å²) in [5.41, 5.74) is 3.17. The molecule has 1 aliphatic rings. The van der Waals surface area contributed by atoms with E-state index in [2.05, 4.69) is 19.2 Å². The summed E-state index contributed by atoms with van der Waals surface area (Å²) in [7, 11) is 0. The molecule has 66 valence electrons. The Morgan fingerprint density at radius 2 is 1.92 bits per heavy atom. The Labute approximate surface area is 77.8 Å². The standard InChI is InChI=1S/C10H15NS/c1-7-8(2)12-10-4-6-11-5-3-9(7)10/h11H,3-6H2,1-2H3. The highest BCUT2D eigenvalue weighted by molar-refractivity contribution is 7.12. The summed E-state index contributed by atoms with van der Waals surface area (Å²) in [5.74, 6) is 0. The summed E-state index contributed by atoms with van der Waals surface area (Å²) in [6, 6.07) is 0. The Hall–Kier alpha value is -0.340. The van der Waals surface area contributed by atoms with Crippen LogP contribution in [-0.2, 0) is 12.8 Å². The Morgan fingerprint density at radius 1 is 1.17 bits per heavy atom. The molecule has 0 amide bonds. The molecule has 1 aliphatic heterocycles. The average Bonchev–Trinajstić information content (AvgIpc) is 2.30. The molecule has 2 heterocycles. The molecule has 1 nitrogen and oxygen atoms in total. The average molecular weight is 181 g/mol. The van der Waals surface area contributed by atoms with Crippen molar-refractivity contribution >= 4 is 11.3 Å². The zero-order valence-electron chi connectivity index (χ0n) is 7.74. The summed E-state index contributed by atoms with van der Waals surface area (Å²) in [5, 5.41) is 3.43. The molecule has 0 atom stereocenters. The van der Waals surface area contributed by atoms with Crippen LogP contribution < -0.4 is 5.32 Å². The minimum Gasteiger partial charge on any atom is -0.316 e. The van der Waals surface area contributed by atoms with Gasteiger partial charge < -0.3 is 5.32 Å². The van der Waals surface area contributed by atoms with Gasteiger partial charge in [0, 0.05) is 9.75 Å². The molecule has 0 saturated heterocycles. The van der Waals surface area contributed by atoms with Crippen molar-refractivity contribution in [2.75, 3.05) is 13.1 Å². The zero-order valence-corrected chi connectivity index (χ0v) is 8.55. The SMILES string of the molecule is Cc1sc2c(c1C)CCNCC2. The molecule has 0 aromatic carbocycles. The van der Waals surface area contributed by atoms with E-state index in [1.165, 1.54) is 17.7 Å². The van der Waals surface area contributed by atoms with E-state index in [9.17, 15) is 0 Å². The number of aryl methyl sites for hydroxylation is 1. The van der Waals surface area contributed by atoms with E-state index in [0.29, 0.717) is 0 Å². The Kier molecular flexibility index (Phi) is 2.20. The Balaban J connectivity index is 2.42. The number of hydrogen-bond donors (Lipinski definition) is 1. The third kappa shape index (κ3) is 1.29. The van der Waals surface area contributed by atoms with Crippen molar-refractivity contribution in [3.63, 3.8) is 0 Å². The van der Waals surface area contributed by atoms with Gasteiger partial charge in [-0.2, -0.15) is 0 Å². The third-order valence-corrected chi connectivity index (χ3v) is 3.98. The largest absolute Gasteiger partial charge is 0.316 e. The van der Waals surface area contributed by atoms with Crippen molar-refractivity contribution in [3.05, 3.63) is 20.9 Å². The highest BCUT2D eigenvalue weighted by Crippen LogP contribution is 2.28. The summed E-state index contributed by atoms with van der Waals surface area (Å²) >= 11 is 1.99. The fourth-order valence-electron chi connectivity index (χ4n) is 1.81. The van der Waals surface area contributed by atoms with E-state index in [-0.39, 0.29) is 0 Å². The van der Waals surface area contributed by atoms with Crippen LogP contribution in [0.2, 0.25) is 0 Å². The minimum atomic E-state index is 1.16. The second kappa shape index (κ2) is 3.19. The van der Waals surface area contributed by atoms with E-state index >= 15 is 0 Å². The molecule has 1 aromatic heterocycles. The molecule has 1 N–H and O–H groups in total. The van der Waals surface area contributed by atoms with E-state index in [1.54, 1.807) is 16.0 Å². The second-order valence-corrected chi connectivity index (χ2v) is 4.74. The Morgan fingerprint density at radius 3 is 2.75 bits per heavy atom. The quantitative estimate of drug-likeness (QED) is 0.646. The molecule has 0 saturated carbocycles. The van der Waals surface area contributed by atoms with Crippen molar-refractivity contribution in [3.8, 4) is 0 Å². The second-order valence-electron chi connectivity index (χ2n) is 3.43. The molecule has 0 unspecified atom stereocenters. The van der Waals surface area contributed by atoms with E-state index < -0.39 is 0 Å². The molecule has 1 aromatic rings. The fraction of sp³-hybridized carbons (Fsp3) is 0.600. The lowest BCUT2D eigenvalue weighted by Gasteiger charge is -1.98. The van der Waals surface area contributed by atoms with Crippen LogP contribution >= 0.6 is 11.3 Å². The van der Waals surface area contributed by atoms with Gasteiger partial charge in [-0.05, 0) is 50.9 Å². The van der Waals surface area contributed by atoms with Crippen LogP contribution in [0.15, 0.2) is 0 Å². The summed E-state index contributed by atoms with van der Waals surface area (Å²) < 4.78 is 0. The predicted octanol–water partition coefficient (Wildman–Crippen LogP) is 2.05. The minimum absolute atomic E-state index is 1.16. The number of thiophene rings is 1. The number of fused-ring (bicyclic) bond motifs is 1. The van der Waals surface area contributed by atoms with Crippen LogP contribution in [0, 0.1) is 13.8 Å². The molecular weight excluding hydrogens is 166 g/mol. The molecule has 0 aliphatic carbocycles. The van der Waals surface area contributed by atoms with E-state index in [4.69, 9.17) is 0 Å². The van der Waals surface area contributed by atoms with Crippen LogP contribution in [0.4, 0.5) is 0 Å². The molecule has 0 fully saturated rings. The highest BCUT2D eigenvalue weighted by atomic mass is 32.1. The van der Waals surface area contributed by atoms with Gasteiger partial charge in [0.1, 0.15) is 0 Å². The first kappa shape index (κ1) is 8.27. The van der Waals surface area contributed by atoms with Gasteiger partial charge in [0.05, 0.1) is 0 Å². The lowest BCUT2D eigenvalue weighted by Crippen LogP contribution is -2.16. The topological polar surface area (TPSA) is 12.0 Å².